The van der Waals surface area contributed by atoms with Gasteiger partial charge in [0, 0.05) is 11.5 Å². The number of nitrogen functional groups attached to an aromatic ring is 1. The van der Waals surface area contributed by atoms with Gasteiger partial charge in [-0.15, -0.1) is 0 Å². The molecule has 0 atom stereocenters. The van der Waals surface area contributed by atoms with Gasteiger partial charge < -0.3 is 10.2 Å². The maximum Gasteiger partial charge on any atom is 0.359 e. The fraction of sp³-hybridized carbons (Fsp3) is 0.100. The first-order chi connectivity index (χ1) is 6.59. The lowest BCUT2D eigenvalue weighted by atomic mass is 10.1. The molecular formula is C10H8FNO2. The van der Waals surface area contributed by atoms with E-state index in [1.807, 2.05) is 0 Å². The van der Waals surface area contributed by atoms with Crippen LogP contribution in [0.5, 0.6) is 0 Å². The van der Waals surface area contributed by atoms with E-state index in [1.54, 1.807) is 13.0 Å². The molecule has 1 heterocycles. The van der Waals surface area contributed by atoms with E-state index in [1.165, 1.54) is 12.1 Å². The second-order valence-corrected chi connectivity index (χ2v) is 3.07. The number of nitrogens with two attached hydrogens (primary N) is 1. The van der Waals surface area contributed by atoms with Gasteiger partial charge in [0.25, 0.3) is 0 Å². The summed E-state index contributed by atoms with van der Waals surface area (Å²) in [6.07, 6.45) is 0. The third kappa shape index (κ3) is 1.16. The highest BCUT2D eigenvalue weighted by molar-refractivity contribution is 5.83. The lowest BCUT2D eigenvalue weighted by molar-refractivity contribution is 0.556. The van der Waals surface area contributed by atoms with Crippen LogP contribution in [0.3, 0.4) is 0 Å². The van der Waals surface area contributed by atoms with Crippen molar-refractivity contribution in [2.45, 2.75) is 6.92 Å². The minimum absolute atomic E-state index is 0.0732. The maximum absolute atomic E-state index is 12.8. The number of fused-ring (bicyclic) bond motifs is 1. The molecule has 0 unspecified atom stereocenters. The van der Waals surface area contributed by atoms with Gasteiger partial charge in [-0.3, -0.25) is 0 Å². The van der Waals surface area contributed by atoms with Gasteiger partial charge in [0.2, 0.25) is 0 Å². The summed E-state index contributed by atoms with van der Waals surface area (Å²) in [6, 6.07) is 4.01. The SMILES string of the molecule is Cc1c(N)c(=O)oc2cc(F)ccc12. The summed E-state index contributed by atoms with van der Waals surface area (Å²) >= 11 is 0. The molecule has 1 aromatic heterocycles. The molecule has 0 radical (unpaired) electrons. The monoisotopic (exact) mass is 193 g/mol. The summed E-state index contributed by atoms with van der Waals surface area (Å²) in [4.78, 5) is 11.2. The van der Waals surface area contributed by atoms with Crippen LogP contribution in [0.1, 0.15) is 5.56 Å². The van der Waals surface area contributed by atoms with E-state index >= 15 is 0 Å². The van der Waals surface area contributed by atoms with Crippen LogP contribution in [0, 0.1) is 12.7 Å². The van der Waals surface area contributed by atoms with Gasteiger partial charge in [0.15, 0.2) is 0 Å². The van der Waals surface area contributed by atoms with Crippen LogP contribution < -0.4 is 11.4 Å². The van der Waals surface area contributed by atoms with E-state index in [9.17, 15) is 9.18 Å². The smallest absolute Gasteiger partial charge is 0.359 e. The van der Waals surface area contributed by atoms with E-state index in [0.29, 0.717) is 10.9 Å². The first kappa shape index (κ1) is 8.74. The van der Waals surface area contributed by atoms with Crippen molar-refractivity contribution in [3.05, 3.63) is 40.0 Å². The maximum atomic E-state index is 12.8. The van der Waals surface area contributed by atoms with E-state index in [4.69, 9.17) is 10.2 Å². The van der Waals surface area contributed by atoms with Crippen molar-refractivity contribution in [3.8, 4) is 0 Å². The van der Waals surface area contributed by atoms with Gasteiger partial charge in [-0.1, -0.05) is 0 Å². The summed E-state index contributed by atoms with van der Waals surface area (Å²) in [5.41, 5.74) is 5.78. The molecule has 0 saturated heterocycles. The molecule has 0 saturated carbocycles. The van der Waals surface area contributed by atoms with Crippen molar-refractivity contribution < 1.29 is 8.81 Å². The Labute approximate surface area is 78.9 Å². The number of rotatable bonds is 0. The average Bonchev–Trinajstić information content (AvgIpc) is 2.14. The molecular weight excluding hydrogens is 185 g/mol. The Morgan fingerprint density at radius 1 is 1.43 bits per heavy atom. The van der Waals surface area contributed by atoms with E-state index in [-0.39, 0.29) is 11.3 Å². The number of benzene rings is 1. The summed E-state index contributed by atoms with van der Waals surface area (Å²) < 4.78 is 17.6. The molecule has 0 bridgehead atoms. The van der Waals surface area contributed by atoms with Crippen molar-refractivity contribution in [2.75, 3.05) is 5.73 Å². The Morgan fingerprint density at radius 3 is 2.86 bits per heavy atom. The third-order valence-electron chi connectivity index (χ3n) is 2.17. The molecule has 4 heteroatoms. The average molecular weight is 193 g/mol. The molecule has 0 fully saturated rings. The van der Waals surface area contributed by atoms with Gasteiger partial charge in [0.1, 0.15) is 17.1 Å². The normalized spacial score (nSPS) is 10.7. The quantitative estimate of drug-likeness (QED) is 0.649. The molecule has 0 amide bonds. The molecule has 0 spiro atoms. The van der Waals surface area contributed by atoms with Crippen LogP contribution in [0.15, 0.2) is 27.4 Å². The lowest BCUT2D eigenvalue weighted by Gasteiger charge is -2.02. The van der Waals surface area contributed by atoms with Crippen molar-refractivity contribution in [2.24, 2.45) is 0 Å². The number of hydrogen-bond acceptors (Lipinski definition) is 3. The minimum Gasteiger partial charge on any atom is -0.421 e. The van der Waals surface area contributed by atoms with E-state index in [0.717, 1.165) is 0 Å². The van der Waals surface area contributed by atoms with Crippen LogP contribution in [0.4, 0.5) is 10.1 Å². The summed E-state index contributed by atoms with van der Waals surface area (Å²) in [7, 11) is 0. The zero-order valence-corrected chi connectivity index (χ0v) is 7.50. The van der Waals surface area contributed by atoms with Crippen molar-refractivity contribution in [1.82, 2.24) is 0 Å². The van der Waals surface area contributed by atoms with Crippen LogP contribution in [0.25, 0.3) is 11.0 Å². The molecule has 3 nitrogen and oxygen atoms in total. The number of aryl methyl sites for hydroxylation is 1. The van der Waals surface area contributed by atoms with Crippen molar-refractivity contribution >= 4 is 16.7 Å². The molecule has 1 aromatic carbocycles. The van der Waals surface area contributed by atoms with Gasteiger partial charge in [-0.05, 0) is 24.6 Å². The topological polar surface area (TPSA) is 56.2 Å². The highest BCUT2D eigenvalue weighted by Gasteiger charge is 2.08. The second-order valence-electron chi connectivity index (χ2n) is 3.07. The predicted molar refractivity (Wildman–Crippen MR) is 51.6 cm³/mol. The minimum atomic E-state index is -0.624. The molecule has 0 aliphatic rings. The number of anilines is 1. The Hall–Kier alpha value is -1.84. The van der Waals surface area contributed by atoms with Crippen molar-refractivity contribution in [1.29, 1.82) is 0 Å². The van der Waals surface area contributed by atoms with Gasteiger partial charge in [0.05, 0.1) is 0 Å². The van der Waals surface area contributed by atoms with E-state index in [2.05, 4.69) is 0 Å². The molecule has 72 valence electrons. The van der Waals surface area contributed by atoms with Crippen LogP contribution in [-0.2, 0) is 0 Å². The first-order valence-electron chi connectivity index (χ1n) is 4.08. The van der Waals surface area contributed by atoms with Crippen LogP contribution >= 0.6 is 0 Å². The Morgan fingerprint density at radius 2 is 2.14 bits per heavy atom. The number of halogens is 1. The van der Waals surface area contributed by atoms with Crippen molar-refractivity contribution in [3.63, 3.8) is 0 Å². The Balaban J connectivity index is 2.98. The largest absolute Gasteiger partial charge is 0.421 e. The van der Waals surface area contributed by atoms with Gasteiger partial charge in [-0.25, -0.2) is 9.18 Å². The van der Waals surface area contributed by atoms with Crippen LogP contribution in [0.2, 0.25) is 0 Å². The second kappa shape index (κ2) is 2.83. The molecule has 2 aromatic rings. The molecule has 0 aliphatic carbocycles. The molecule has 14 heavy (non-hydrogen) atoms. The Bertz CT molecular complexity index is 560. The zero-order chi connectivity index (χ0) is 10.3. The highest BCUT2D eigenvalue weighted by Crippen LogP contribution is 2.20. The summed E-state index contributed by atoms with van der Waals surface area (Å²) in [6.45, 7) is 1.70. The first-order valence-corrected chi connectivity index (χ1v) is 4.08. The summed E-state index contributed by atoms with van der Waals surface area (Å²) in [5.74, 6) is -0.440. The summed E-state index contributed by atoms with van der Waals surface area (Å²) in [5, 5.41) is 0.656. The fourth-order valence-electron chi connectivity index (χ4n) is 1.34. The molecule has 2 rings (SSSR count). The fourth-order valence-corrected chi connectivity index (χ4v) is 1.34. The van der Waals surface area contributed by atoms with E-state index < -0.39 is 11.4 Å². The number of hydrogen-bond donors (Lipinski definition) is 1. The van der Waals surface area contributed by atoms with Gasteiger partial charge in [-0.2, -0.15) is 0 Å². The van der Waals surface area contributed by atoms with Gasteiger partial charge >= 0.3 is 5.63 Å². The third-order valence-corrected chi connectivity index (χ3v) is 2.17. The predicted octanol–water partition coefficient (Wildman–Crippen LogP) is 1.82. The highest BCUT2D eigenvalue weighted by atomic mass is 19.1. The van der Waals surface area contributed by atoms with Crippen LogP contribution in [-0.4, -0.2) is 0 Å². The molecule has 0 aliphatic heterocycles. The zero-order valence-electron chi connectivity index (χ0n) is 7.50. The lowest BCUT2D eigenvalue weighted by Crippen LogP contribution is -2.08. The Kier molecular flexibility index (Phi) is 1.77. The molecule has 2 N–H and O–H groups in total. The standard InChI is InChI=1S/C10H8FNO2/c1-5-7-3-2-6(11)4-8(7)14-10(13)9(5)12/h2-4H,12H2,1H3.